The number of aromatic nitrogens is 4. The van der Waals surface area contributed by atoms with Crippen molar-refractivity contribution in [3.63, 3.8) is 0 Å². The van der Waals surface area contributed by atoms with Crippen LogP contribution in [0.4, 0.5) is 0 Å². The van der Waals surface area contributed by atoms with E-state index in [1.165, 1.54) is 23.1 Å². The molecule has 2 rings (SSSR count). The smallest absolute Gasteiger partial charge is 0.255 e. The van der Waals surface area contributed by atoms with Gasteiger partial charge >= 0.3 is 0 Å². The number of fused-ring (bicyclic) bond motifs is 1. The summed E-state index contributed by atoms with van der Waals surface area (Å²) in [6.45, 7) is 0. The van der Waals surface area contributed by atoms with Crippen LogP contribution in [-0.4, -0.2) is 24.7 Å². The van der Waals surface area contributed by atoms with Gasteiger partial charge in [0.25, 0.3) is 5.78 Å². The van der Waals surface area contributed by atoms with Gasteiger partial charge in [0.1, 0.15) is 6.33 Å². The number of aromatic hydroxyl groups is 1. The van der Waals surface area contributed by atoms with Gasteiger partial charge in [-0.05, 0) is 0 Å². The summed E-state index contributed by atoms with van der Waals surface area (Å²) in [6, 6.07) is 1.45. The lowest BCUT2D eigenvalue weighted by Crippen LogP contribution is -1.89. The van der Waals surface area contributed by atoms with E-state index in [-0.39, 0.29) is 5.88 Å². The van der Waals surface area contributed by atoms with Gasteiger partial charge in [0.2, 0.25) is 5.88 Å². The minimum atomic E-state index is 0.0440. The molecule has 5 heteroatoms. The van der Waals surface area contributed by atoms with Crippen molar-refractivity contribution in [1.29, 1.82) is 0 Å². The highest BCUT2D eigenvalue weighted by Gasteiger charge is 1.97. The van der Waals surface area contributed by atoms with Crippen molar-refractivity contribution < 1.29 is 5.11 Å². The van der Waals surface area contributed by atoms with Crippen molar-refractivity contribution in [3.8, 4) is 5.88 Å². The molecule has 0 aromatic carbocycles. The lowest BCUT2D eigenvalue weighted by molar-refractivity contribution is 0.435. The number of hydrogen-bond donors (Lipinski definition) is 1. The second-order valence-electron chi connectivity index (χ2n) is 1.77. The zero-order valence-electron chi connectivity index (χ0n) is 4.97. The third-order valence-electron chi connectivity index (χ3n) is 1.16. The normalized spacial score (nSPS) is 10.4. The minimum Gasteiger partial charge on any atom is -0.493 e. The average molecular weight is 136 g/mol. The van der Waals surface area contributed by atoms with Gasteiger partial charge in [0.15, 0.2) is 0 Å². The Kier molecular flexibility index (Phi) is 0.858. The first-order valence-corrected chi connectivity index (χ1v) is 2.71. The highest BCUT2D eigenvalue weighted by molar-refractivity contribution is 5.28. The number of rotatable bonds is 0. The molecular formula is C5H4N4O. The fourth-order valence-electron chi connectivity index (χ4n) is 0.726. The molecule has 0 aliphatic rings. The van der Waals surface area contributed by atoms with E-state index in [2.05, 4.69) is 15.1 Å². The summed E-state index contributed by atoms with van der Waals surface area (Å²) in [6.07, 6.45) is 2.81. The van der Waals surface area contributed by atoms with Crippen LogP contribution >= 0.6 is 0 Å². The van der Waals surface area contributed by atoms with E-state index in [1.807, 2.05) is 0 Å². The van der Waals surface area contributed by atoms with Crippen molar-refractivity contribution in [2.24, 2.45) is 0 Å². The fourth-order valence-corrected chi connectivity index (χ4v) is 0.726. The van der Waals surface area contributed by atoms with Crippen molar-refractivity contribution in [2.75, 3.05) is 0 Å². The molecule has 1 N–H and O–H groups in total. The lowest BCUT2D eigenvalue weighted by Gasteiger charge is -1.91. The minimum absolute atomic E-state index is 0.0440. The van der Waals surface area contributed by atoms with Crippen LogP contribution in [0.5, 0.6) is 5.88 Å². The van der Waals surface area contributed by atoms with E-state index in [4.69, 9.17) is 5.11 Å². The van der Waals surface area contributed by atoms with Gasteiger partial charge in [-0.3, -0.25) is 0 Å². The Balaban J connectivity index is 2.95. The van der Waals surface area contributed by atoms with Gasteiger partial charge in [-0.25, -0.2) is 4.98 Å². The van der Waals surface area contributed by atoms with Gasteiger partial charge in [-0.2, -0.15) is 14.6 Å². The molecule has 2 aromatic rings. The molecule has 2 heterocycles. The Morgan fingerprint density at radius 1 is 1.40 bits per heavy atom. The van der Waals surface area contributed by atoms with Crippen molar-refractivity contribution in [1.82, 2.24) is 19.6 Å². The van der Waals surface area contributed by atoms with Crippen molar-refractivity contribution >= 4 is 5.78 Å². The standard InChI is InChI=1S/C5H4N4O/c10-4-1-2-6-5-7-3-8-9(4)5/h1-3,10H. The summed E-state index contributed by atoms with van der Waals surface area (Å²) in [5.74, 6) is 0.447. The van der Waals surface area contributed by atoms with Crippen LogP contribution in [0.2, 0.25) is 0 Å². The molecule has 0 amide bonds. The summed E-state index contributed by atoms with van der Waals surface area (Å²) in [5.41, 5.74) is 0. The van der Waals surface area contributed by atoms with Crippen LogP contribution in [0.1, 0.15) is 0 Å². The van der Waals surface area contributed by atoms with Gasteiger partial charge < -0.3 is 5.11 Å². The summed E-state index contributed by atoms with van der Waals surface area (Å²) < 4.78 is 1.25. The molecule has 0 atom stereocenters. The van der Waals surface area contributed by atoms with Crippen LogP contribution < -0.4 is 0 Å². The average Bonchev–Trinajstić information content (AvgIpc) is 2.36. The Hall–Kier alpha value is -1.65. The molecule has 0 unspecified atom stereocenters. The Bertz CT molecular complexity index is 355. The molecular weight excluding hydrogens is 132 g/mol. The van der Waals surface area contributed by atoms with E-state index >= 15 is 0 Å². The Morgan fingerprint density at radius 2 is 2.30 bits per heavy atom. The van der Waals surface area contributed by atoms with Crippen LogP contribution in [0.25, 0.3) is 5.78 Å². The largest absolute Gasteiger partial charge is 0.493 e. The molecule has 10 heavy (non-hydrogen) atoms. The predicted molar refractivity (Wildman–Crippen MR) is 32.4 cm³/mol. The van der Waals surface area contributed by atoms with E-state index in [1.54, 1.807) is 0 Å². The zero-order chi connectivity index (χ0) is 6.97. The molecule has 0 saturated carbocycles. The zero-order valence-corrected chi connectivity index (χ0v) is 4.97. The van der Waals surface area contributed by atoms with Crippen LogP contribution in [-0.2, 0) is 0 Å². The van der Waals surface area contributed by atoms with E-state index < -0.39 is 0 Å². The fraction of sp³-hybridized carbons (Fsp3) is 0. The molecule has 0 aliphatic heterocycles. The number of nitrogens with zero attached hydrogens (tertiary/aromatic N) is 4. The molecule has 50 valence electrons. The monoisotopic (exact) mass is 136 g/mol. The molecule has 2 aromatic heterocycles. The Morgan fingerprint density at radius 3 is 3.10 bits per heavy atom. The third kappa shape index (κ3) is 0.540. The molecule has 0 fully saturated rings. The highest BCUT2D eigenvalue weighted by atomic mass is 16.3. The van der Waals surface area contributed by atoms with E-state index in [0.29, 0.717) is 5.78 Å². The van der Waals surface area contributed by atoms with E-state index in [0.717, 1.165) is 0 Å². The van der Waals surface area contributed by atoms with Gasteiger partial charge in [-0.1, -0.05) is 0 Å². The van der Waals surface area contributed by atoms with Gasteiger partial charge in [0.05, 0.1) is 0 Å². The molecule has 5 nitrogen and oxygen atoms in total. The quantitative estimate of drug-likeness (QED) is 0.546. The van der Waals surface area contributed by atoms with Gasteiger partial charge in [0, 0.05) is 12.3 Å². The predicted octanol–water partition coefficient (Wildman–Crippen LogP) is -0.170. The lowest BCUT2D eigenvalue weighted by atomic mass is 10.6. The first-order chi connectivity index (χ1) is 4.88. The first-order valence-electron chi connectivity index (χ1n) is 2.71. The molecule has 0 bridgehead atoms. The highest BCUT2D eigenvalue weighted by Crippen LogP contribution is 2.04. The van der Waals surface area contributed by atoms with Crippen molar-refractivity contribution in [2.45, 2.75) is 0 Å². The van der Waals surface area contributed by atoms with Crippen LogP contribution in [0.15, 0.2) is 18.6 Å². The summed E-state index contributed by atoms with van der Waals surface area (Å²) >= 11 is 0. The molecule has 0 saturated heterocycles. The van der Waals surface area contributed by atoms with Crippen molar-refractivity contribution in [3.05, 3.63) is 18.6 Å². The summed E-state index contributed by atoms with van der Waals surface area (Å²) in [5, 5.41) is 12.8. The maximum absolute atomic E-state index is 9.08. The SMILES string of the molecule is Oc1ccnc2ncnn12. The first kappa shape index (κ1) is 5.16. The maximum atomic E-state index is 9.08. The Labute approximate surface area is 56.0 Å². The molecule has 0 spiro atoms. The van der Waals surface area contributed by atoms with Gasteiger partial charge in [-0.15, -0.1) is 0 Å². The van der Waals surface area contributed by atoms with Crippen LogP contribution in [0.3, 0.4) is 0 Å². The summed E-state index contributed by atoms with van der Waals surface area (Å²) in [4.78, 5) is 7.59. The third-order valence-corrected chi connectivity index (χ3v) is 1.16. The second kappa shape index (κ2) is 1.66. The molecule has 0 radical (unpaired) electrons. The summed E-state index contributed by atoms with van der Waals surface area (Å²) in [7, 11) is 0. The van der Waals surface area contributed by atoms with Crippen LogP contribution in [0, 0.1) is 0 Å². The molecule has 0 aliphatic carbocycles. The number of hydrogen-bond acceptors (Lipinski definition) is 4. The maximum Gasteiger partial charge on any atom is 0.255 e. The van der Waals surface area contributed by atoms with E-state index in [9.17, 15) is 0 Å². The second-order valence-corrected chi connectivity index (χ2v) is 1.77. The topological polar surface area (TPSA) is 63.3 Å².